The van der Waals surface area contributed by atoms with Gasteiger partial charge in [0.25, 0.3) is 0 Å². The van der Waals surface area contributed by atoms with Gasteiger partial charge in [0.2, 0.25) is 0 Å². The van der Waals surface area contributed by atoms with Crippen LogP contribution in [-0.2, 0) is 0 Å². The van der Waals surface area contributed by atoms with Gasteiger partial charge in [-0.05, 0) is 73.8 Å². The van der Waals surface area contributed by atoms with E-state index in [-0.39, 0.29) is 0 Å². The first kappa shape index (κ1) is 17.9. The van der Waals surface area contributed by atoms with E-state index in [1.165, 1.54) is 54.6 Å². The fraction of sp³-hybridized carbons (Fsp3) is 0. The molecule has 0 fully saturated rings. The molecule has 34 heavy (non-hydrogen) atoms. The van der Waals surface area contributed by atoms with E-state index >= 15 is 0 Å². The molecule has 0 unspecified atom stereocenters. The lowest BCUT2D eigenvalue weighted by Crippen LogP contribution is -1.89. The highest BCUT2D eigenvalue weighted by molar-refractivity contribution is 6.28. The molecule has 2 heteroatoms. The third kappa shape index (κ3) is 2.29. The summed E-state index contributed by atoms with van der Waals surface area (Å²) < 4.78 is 0. The monoisotopic (exact) mass is 430 g/mol. The van der Waals surface area contributed by atoms with Gasteiger partial charge in [0.15, 0.2) is 0 Å². The van der Waals surface area contributed by atoms with Crippen LogP contribution in [0.1, 0.15) is 0 Å². The van der Waals surface area contributed by atoms with E-state index < -0.39 is 0 Å². The van der Waals surface area contributed by atoms with Crippen LogP contribution in [0.3, 0.4) is 0 Å². The average Bonchev–Trinajstić information content (AvgIpc) is 3.23. The van der Waals surface area contributed by atoms with E-state index in [9.17, 15) is 0 Å². The van der Waals surface area contributed by atoms with Crippen LogP contribution in [0.4, 0.5) is 0 Å². The van der Waals surface area contributed by atoms with Crippen LogP contribution in [0.5, 0.6) is 0 Å². The van der Waals surface area contributed by atoms with Gasteiger partial charge >= 0.3 is 0 Å². The lowest BCUT2D eigenvalue weighted by Gasteiger charge is -2.14. The number of fused-ring (bicyclic) bond motifs is 8. The Balaban J connectivity index is 1.54. The molecule has 0 saturated carbocycles. The molecule has 2 aromatic heterocycles. The molecule has 1 aliphatic rings. The summed E-state index contributed by atoms with van der Waals surface area (Å²) in [7, 11) is 0. The van der Waals surface area contributed by atoms with Crippen molar-refractivity contribution >= 4 is 43.2 Å². The zero-order chi connectivity index (χ0) is 22.2. The number of hydrogen-bond donors (Lipinski definition) is 0. The van der Waals surface area contributed by atoms with E-state index in [1.54, 1.807) is 0 Å². The number of nitrogens with zero attached hydrogens (tertiary/aromatic N) is 2. The van der Waals surface area contributed by atoms with Crippen LogP contribution >= 0.6 is 0 Å². The normalized spacial score (nSPS) is 12.1. The summed E-state index contributed by atoms with van der Waals surface area (Å²) in [5, 5.41) is 8.79. The standard InChI is InChI=1S/C32H18N2/c1-4-13-30-19(7-1)15-20(18-34-30)26-16-28-24-11-5-10-23-25-12-6-14-33-32(25)29(31(23)24)17-27(28)22-9-3-2-8-21(22)26/h1-18H. The predicted molar refractivity (Wildman–Crippen MR) is 142 cm³/mol. The molecule has 0 atom stereocenters. The number of rotatable bonds is 1. The average molecular weight is 431 g/mol. The summed E-state index contributed by atoms with van der Waals surface area (Å²) >= 11 is 0. The molecule has 0 radical (unpaired) electrons. The molecule has 0 N–H and O–H groups in total. The molecule has 2 heterocycles. The number of aromatic nitrogens is 2. The minimum Gasteiger partial charge on any atom is -0.256 e. The zero-order valence-corrected chi connectivity index (χ0v) is 18.3. The highest BCUT2D eigenvalue weighted by Crippen LogP contribution is 2.50. The summed E-state index contributed by atoms with van der Waals surface area (Å²) in [6.45, 7) is 0. The maximum Gasteiger partial charge on any atom is 0.0787 e. The van der Waals surface area contributed by atoms with Crippen LogP contribution in [0.15, 0.2) is 109 Å². The van der Waals surface area contributed by atoms with E-state index in [4.69, 9.17) is 9.97 Å². The summed E-state index contributed by atoms with van der Waals surface area (Å²) in [5.74, 6) is 0. The van der Waals surface area contributed by atoms with E-state index in [0.29, 0.717) is 0 Å². The van der Waals surface area contributed by atoms with Gasteiger partial charge in [0.05, 0.1) is 11.2 Å². The lowest BCUT2D eigenvalue weighted by atomic mass is 9.89. The molecule has 0 spiro atoms. The van der Waals surface area contributed by atoms with Crippen molar-refractivity contribution in [3.63, 3.8) is 0 Å². The minimum atomic E-state index is 1.02. The van der Waals surface area contributed by atoms with Gasteiger partial charge in [-0.25, -0.2) is 0 Å². The van der Waals surface area contributed by atoms with Crippen molar-refractivity contribution in [2.75, 3.05) is 0 Å². The van der Waals surface area contributed by atoms with Crippen LogP contribution in [0.25, 0.3) is 76.7 Å². The summed E-state index contributed by atoms with van der Waals surface area (Å²) in [6.07, 6.45) is 3.91. The third-order valence-electron chi connectivity index (χ3n) is 7.25. The van der Waals surface area contributed by atoms with Gasteiger partial charge < -0.3 is 0 Å². The molecule has 0 bridgehead atoms. The second-order valence-electron chi connectivity index (χ2n) is 9.03. The fourth-order valence-corrected chi connectivity index (χ4v) is 5.77. The van der Waals surface area contributed by atoms with Gasteiger partial charge in [-0.3, -0.25) is 9.97 Å². The van der Waals surface area contributed by atoms with E-state index in [2.05, 4.69) is 84.9 Å². The smallest absolute Gasteiger partial charge is 0.0787 e. The third-order valence-corrected chi connectivity index (χ3v) is 7.25. The van der Waals surface area contributed by atoms with E-state index in [1.807, 2.05) is 24.5 Å². The number of para-hydroxylation sites is 1. The maximum atomic E-state index is 4.77. The molecule has 2 nitrogen and oxygen atoms in total. The first-order valence-corrected chi connectivity index (χ1v) is 11.6. The molecule has 0 amide bonds. The summed E-state index contributed by atoms with van der Waals surface area (Å²) in [5.41, 5.74) is 8.20. The fourth-order valence-electron chi connectivity index (χ4n) is 5.77. The second kappa shape index (κ2) is 6.49. The quantitative estimate of drug-likeness (QED) is 0.244. The van der Waals surface area contributed by atoms with Crippen LogP contribution in [0, 0.1) is 0 Å². The Morgan fingerprint density at radius 2 is 1.24 bits per heavy atom. The van der Waals surface area contributed by atoms with Crippen molar-refractivity contribution in [3.8, 4) is 33.5 Å². The van der Waals surface area contributed by atoms with Crippen LogP contribution in [-0.4, -0.2) is 9.97 Å². The SMILES string of the molecule is c1cnc2c(c1)-c1cccc3c1c-2cc1c2ccccc2c(-c2cnc4ccccc4c2)cc31. The number of hydrogen-bond acceptors (Lipinski definition) is 2. The molecule has 7 aromatic rings. The first-order valence-electron chi connectivity index (χ1n) is 11.6. The van der Waals surface area contributed by atoms with Gasteiger partial charge in [-0.15, -0.1) is 0 Å². The Bertz CT molecular complexity index is 1970. The molecular weight excluding hydrogens is 412 g/mol. The largest absolute Gasteiger partial charge is 0.256 e. The number of pyridine rings is 2. The molecule has 156 valence electrons. The summed E-state index contributed by atoms with van der Waals surface area (Å²) in [4.78, 5) is 9.54. The van der Waals surface area contributed by atoms with Crippen molar-refractivity contribution in [3.05, 3.63) is 109 Å². The Hall–Kier alpha value is -4.56. The van der Waals surface area contributed by atoms with Gasteiger partial charge in [-0.1, -0.05) is 66.7 Å². The Labute approximate surface area is 196 Å². The number of benzene rings is 5. The Morgan fingerprint density at radius 3 is 2.21 bits per heavy atom. The summed E-state index contributed by atoms with van der Waals surface area (Å²) in [6, 6.07) is 34.9. The van der Waals surface area contributed by atoms with Gasteiger partial charge in [0, 0.05) is 34.5 Å². The second-order valence-corrected chi connectivity index (χ2v) is 9.03. The first-order chi connectivity index (χ1) is 16.9. The topological polar surface area (TPSA) is 25.8 Å². The van der Waals surface area contributed by atoms with Crippen LogP contribution < -0.4 is 0 Å². The van der Waals surface area contributed by atoms with Crippen molar-refractivity contribution in [2.24, 2.45) is 0 Å². The Morgan fingerprint density at radius 1 is 0.471 bits per heavy atom. The van der Waals surface area contributed by atoms with Crippen molar-refractivity contribution in [1.29, 1.82) is 0 Å². The molecular formula is C32H18N2. The molecule has 0 aliphatic heterocycles. The maximum absolute atomic E-state index is 4.77. The van der Waals surface area contributed by atoms with Gasteiger partial charge in [-0.2, -0.15) is 0 Å². The highest BCUT2D eigenvalue weighted by atomic mass is 14.7. The predicted octanol–water partition coefficient (Wildman–Crippen LogP) is 8.40. The van der Waals surface area contributed by atoms with E-state index in [0.717, 1.165) is 22.2 Å². The highest BCUT2D eigenvalue weighted by Gasteiger charge is 2.24. The lowest BCUT2D eigenvalue weighted by molar-refractivity contribution is 1.35. The molecule has 0 saturated heterocycles. The molecule has 8 rings (SSSR count). The van der Waals surface area contributed by atoms with Crippen LogP contribution in [0.2, 0.25) is 0 Å². The van der Waals surface area contributed by atoms with Crippen molar-refractivity contribution in [2.45, 2.75) is 0 Å². The van der Waals surface area contributed by atoms with Crippen molar-refractivity contribution in [1.82, 2.24) is 9.97 Å². The molecule has 1 aliphatic carbocycles. The van der Waals surface area contributed by atoms with Gasteiger partial charge in [0.1, 0.15) is 0 Å². The minimum absolute atomic E-state index is 1.02. The zero-order valence-electron chi connectivity index (χ0n) is 18.3. The molecule has 5 aromatic carbocycles. The Kier molecular flexibility index (Phi) is 3.42. The van der Waals surface area contributed by atoms with Crippen molar-refractivity contribution < 1.29 is 0 Å².